The van der Waals surface area contributed by atoms with Crippen LogP contribution in [0.25, 0.3) is 0 Å². The highest BCUT2D eigenvalue weighted by Crippen LogP contribution is 2.36. The second-order valence-corrected chi connectivity index (χ2v) is 7.48. The summed E-state index contributed by atoms with van der Waals surface area (Å²) in [5, 5.41) is 2.86. The Labute approximate surface area is 178 Å². The molecule has 31 heavy (non-hydrogen) atoms. The number of hydrogen-bond acceptors (Lipinski definition) is 4. The molecule has 7 heteroatoms. The first-order valence-corrected chi connectivity index (χ1v) is 9.92. The summed E-state index contributed by atoms with van der Waals surface area (Å²) in [6.07, 6.45) is 0.0276. The maximum atomic E-state index is 13.5. The van der Waals surface area contributed by atoms with Crippen LogP contribution in [0.5, 0.6) is 11.5 Å². The molecule has 0 radical (unpaired) electrons. The number of anilines is 1. The Bertz CT molecular complexity index is 1160. The molecule has 1 unspecified atom stereocenters. The second-order valence-electron chi connectivity index (χ2n) is 7.48. The molecule has 5 rings (SSSR count). The molecular weight excluding hydrogens is 399 g/mol. The van der Waals surface area contributed by atoms with Crippen LogP contribution in [0, 0.1) is 5.82 Å². The maximum Gasteiger partial charge on any atom is 0.255 e. The first kappa shape index (κ1) is 19.1. The van der Waals surface area contributed by atoms with Gasteiger partial charge in [0, 0.05) is 23.9 Å². The second kappa shape index (κ2) is 7.75. The molecule has 0 saturated heterocycles. The molecule has 0 aliphatic carbocycles. The lowest BCUT2D eigenvalue weighted by Crippen LogP contribution is -2.32. The number of nitrogens with zero attached hydrogens (tertiary/aromatic N) is 1. The van der Waals surface area contributed by atoms with Gasteiger partial charge in [0.05, 0.1) is 12.5 Å². The van der Waals surface area contributed by atoms with E-state index in [1.165, 1.54) is 12.1 Å². The number of ether oxygens (including phenoxy) is 2. The van der Waals surface area contributed by atoms with Gasteiger partial charge in [-0.25, -0.2) is 4.39 Å². The minimum atomic E-state index is -0.533. The fourth-order valence-electron chi connectivity index (χ4n) is 3.98. The van der Waals surface area contributed by atoms with Gasteiger partial charge in [-0.05, 0) is 41.5 Å². The smallest absolute Gasteiger partial charge is 0.255 e. The minimum Gasteiger partial charge on any atom is -0.454 e. The van der Waals surface area contributed by atoms with Gasteiger partial charge in [-0.1, -0.05) is 30.3 Å². The monoisotopic (exact) mass is 418 g/mol. The fraction of sp³-hybridized carbons (Fsp3) is 0.167. The number of rotatable bonds is 5. The highest BCUT2D eigenvalue weighted by molar-refractivity contribution is 5.99. The van der Waals surface area contributed by atoms with Crippen LogP contribution in [-0.2, 0) is 11.3 Å². The van der Waals surface area contributed by atoms with E-state index in [4.69, 9.17) is 9.47 Å². The summed E-state index contributed by atoms with van der Waals surface area (Å²) < 4.78 is 24.1. The predicted molar refractivity (Wildman–Crippen MR) is 111 cm³/mol. The number of halogens is 1. The zero-order valence-electron chi connectivity index (χ0n) is 16.5. The van der Waals surface area contributed by atoms with Crippen molar-refractivity contribution in [2.24, 2.45) is 0 Å². The summed E-state index contributed by atoms with van der Waals surface area (Å²) >= 11 is 0. The number of carbonyl (C=O) groups is 2. The molecular formula is C24H19FN2O4. The summed E-state index contributed by atoms with van der Waals surface area (Å²) in [4.78, 5) is 27.6. The van der Waals surface area contributed by atoms with Crippen LogP contribution in [0.3, 0.4) is 0 Å². The average molecular weight is 418 g/mol. The Hall–Kier alpha value is -3.87. The molecule has 3 aromatic carbocycles. The molecule has 1 atom stereocenters. The third-order valence-electron chi connectivity index (χ3n) is 5.52. The Kier molecular flexibility index (Phi) is 4.78. The third kappa shape index (κ3) is 3.70. The van der Waals surface area contributed by atoms with Gasteiger partial charge in [-0.3, -0.25) is 9.59 Å². The van der Waals surface area contributed by atoms with E-state index in [1.54, 1.807) is 41.3 Å². The summed E-state index contributed by atoms with van der Waals surface area (Å²) in [5.41, 5.74) is 2.81. The Morgan fingerprint density at radius 2 is 1.81 bits per heavy atom. The predicted octanol–water partition coefficient (Wildman–Crippen LogP) is 4.28. The van der Waals surface area contributed by atoms with E-state index in [0.717, 1.165) is 5.56 Å². The van der Waals surface area contributed by atoms with E-state index in [9.17, 15) is 14.0 Å². The SMILES string of the molecule is O=C(CC(c1ccc(F)cc1)N1Cc2ccccc2C1=O)Nc1ccc2c(c1)OCO2. The van der Waals surface area contributed by atoms with Gasteiger partial charge in [0.2, 0.25) is 12.7 Å². The first-order valence-electron chi connectivity index (χ1n) is 9.92. The van der Waals surface area contributed by atoms with Gasteiger partial charge in [-0.2, -0.15) is 0 Å². The number of fused-ring (bicyclic) bond motifs is 2. The molecule has 2 amide bonds. The summed E-state index contributed by atoms with van der Waals surface area (Å²) in [6.45, 7) is 0.547. The first-order chi connectivity index (χ1) is 15.1. The van der Waals surface area contributed by atoms with Crippen molar-refractivity contribution in [3.63, 3.8) is 0 Å². The van der Waals surface area contributed by atoms with Gasteiger partial charge in [0.15, 0.2) is 11.5 Å². The van der Waals surface area contributed by atoms with Crippen LogP contribution in [-0.4, -0.2) is 23.5 Å². The lowest BCUT2D eigenvalue weighted by Gasteiger charge is -2.28. The van der Waals surface area contributed by atoms with E-state index < -0.39 is 6.04 Å². The van der Waals surface area contributed by atoms with Crippen LogP contribution >= 0.6 is 0 Å². The lowest BCUT2D eigenvalue weighted by molar-refractivity contribution is -0.117. The highest BCUT2D eigenvalue weighted by atomic mass is 19.1. The van der Waals surface area contributed by atoms with Gasteiger partial charge in [0.1, 0.15) is 5.82 Å². The van der Waals surface area contributed by atoms with Gasteiger partial charge < -0.3 is 19.7 Å². The zero-order chi connectivity index (χ0) is 21.4. The molecule has 3 aromatic rings. The molecule has 2 aliphatic heterocycles. The normalized spacial score (nSPS) is 15.0. The van der Waals surface area contributed by atoms with E-state index in [2.05, 4.69) is 5.32 Å². The molecule has 6 nitrogen and oxygen atoms in total. The molecule has 1 N–H and O–H groups in total. The number of amides is 2. The largest absolute Gasteiger partial charge is 0.454 e. The number of nitrogens with one attached hydrogen (secondary N) is 1. The third-order valence-corrected chi connectivity index (χ3v) is 5.52. The molecule has 0 fully saturated rings. The van der Waals surface area contributed by atoms with E-state index in [-0.39, 0.29) is 30.8 Å². The standard InChI is InChI=1S/C24H19FN2O4/c25-17-7-5-15(6-8-17)20(27-13-16-3-1-2-4-19(16)24(27)29)12-23(28)26-18-9-10-21-22(11-18)31-14-30-21/h1-11,20H,12-14H2,(H,26,28). The van der Waals surface area contributed by atoms with Crippen molar-refractivity contribution in [3.05, 3.63) is 89.2 Å². The number of benzene rings is 3. The van der Waals surface area contributed by atoms with Crippen molar-refractivity contribution in [1.29, 1.82) is 0 Å². The Balaban J connectivity index is 1.39. The number of carbonyl (C=O) groups excluding carboxylic acids is 2. The summed E-state index contributed by atoms with van der Waals surface area (Å²) in [5.74, 6) is 0.418. The summed E-state index contributed by atoms with van der Waals surface area (Å²) in [7, 11) is 0. The van der Waals surface area contributed by atoms with Crippen LogP contribution in [0.4, 0.5) is 10.1 Å². The van der Waals surface area contributed by atoms with Gasteiger partial charge >= 0.3 is 0 Å². The van der Waals surface area contributed by atoms with Crippen LogP contribution < -0.4 is 14.8 Å². The highest BCUT2D eigenvalue weighted by Gasteiger charge is 2.34. The molecule has 0 saturated carbocycles. The average Bonchev–Trinajstić information content (AvgIpc) is 3.37. The van der Waals surface area contributed by atoms with E-state index >= 15 is 0 Å². The van der Waals surface area contributed by atoms with Crippen molar-refractivity contribution in [3.8, 4) is 11.5 Å². The quantitative estimate of drug-likeness (QED) is 0.672. The molecule has 156 valence electrons. The molecule has 0 spiro atoms. The van der Waals surface area contributed by atoms with Crippen molar-refractivity contribution in [1.82, 2.24) is 4.90 Å². The number of hydrogen-bond donors (Lipinski definition) is 1. The molecule has 2 aliphatic rings. The van der Waals surface area contributed by atoms with Crippen molar-refractivity contribution >= 4 is 17.5 Å². The Morgan fingerprint density at radius 3 is 2.61 bits per heavy atom. The van der Waals surface area contributed by atoms with E-state index in [1.807, 2.05) is 18.2 Å². The lowest BCUT2D eigenvalue weighted by atomic mass is 10.0. The van der Waals surface area contributed by atoms with Gasteiger partial charge in [-0.15, -0.1) is 0 Å². The Morgan fingerprint density at radius 1 is 1.03 bits per heavy atom. The minimum absolute atomic E-state index is 0.0276. The van der Waals surface area contributed by atoms with Crippen molar-refractivity contribution in [2.45, 2.75) is 19.0 Å². The van der Waals surface area contributed by atoms with Crippen molar-refractivity contribution < 1.29 is 23.5 Å². The topological polar surface area (TPSA) is 67.9 Å². The fourth-order valence-corrected chi connectivity index (χ4v) is 3.98. The van der Waals surface area contributed by atoms with Crippen LogP contribution in [0.2, 0.25) is 0 Å². The van der Waals surface area contributed by atoms with E-state index in [0.29, 0.717) is 34.9 Å². The molecule has 0 aromatic heterocycles. The summed E-state index contributed by atoms with van der Waals surface area (Å²) in [6, 6.07) is 17.9. The van der Waals surface area contributed by atoms with Crippen LogP contribution in [0.15, 0.2) is 66.7 Å². The maximum absolute atomic E-state index is 13.5. The zero-order valence-corrected chi connectivity index (χ0v) is 16.5. The molecule has 0 bridgehead atoms. The molecule has 2 heterocycles. The van der Waals surface area contributed by atoms with Crippen molar-refractivity contribution in [2.75, 3.05) is 12.1 Å². The van der Waals surface area contributed by atoms with Gasteiger partial charge in [0.25, 0.3) is 5.91 Å². The van der Waals surface area contributed by atoms with Crippen LogP contribution in [0.1, 0.15) is 33.9 Å².